The van der Waals surface area contributed by atoms with Crippen LogP contribution in [0.2, 0.25) is 0 Å². The predicted molar refractivity (Wildman–Crippen MR) is 74.2 cm³/mol. The average molecular weight is 260 g/mol. The summed E-state index contributed by atoms with van der Waals surface area (Å²) in [6, 6.07) is 8.02. The molecular weight excluding hydrogens is 240 g/mol. The third kappa shape index (κ3) is 3.35. The van der Waals surface area contributed by atoms with Crippen molar-refractivity contribution in [3.63, 3.8) is 0 Å². The lowest BCUT2D eigenvalue weighted by Crippen LogP contribution is -2.20. The van der Waals surface area contributed by atoms with Crippen LogP contribution in [0.15, 0.2) is 43.0 Å². The highest BCUT2D eigenvalue weighted by Crippen LogP contribution is 2.27. The molecular formula is C15H20N2O2. The maximum atomic E-state index is 9.60. The van der Waals surface area contributed by atoms with E-state index in [4.69, 9.17) is 4.74 Å². The highest BCUT2D eigenvalue weighted by Gasteiger charge is 2.18. The second-order valence-corrected chi connectivity index (χ2v) is 4.76. The fourth-order valence-corrected chi connectivity index (χ4v) is 2.22. The van der Waals surface area contributed by atoms with Crippen molar-refractivity contribution < 1.29 is 9.84 Å². The van der Waals surface area contributed by atoms with Gasteiger partial charge in [0, 0.05) is 31.5 Å². The fraction of sp³-hybridized carbons (Fsp3) is 0.400. The summed E-state index contributed by atoms with van der Waals surface area (Å²) in [6.07, 6.45) is 5.46. The average Bonchev–Trinajstić information content (AvgIpc) is 2.97. The maximum Gasteiger partial charge on any atom is 0.118 e. The summed E-state index contributed by atoms with van der Waals surface area (Å²) in [4.78, 5) is 4.03. The van der Waals surface area contributed by atoms with E-state index < -0.39 is 0 Å². The Morgan fingerprint density at radius 1 is 1.32 bits per heavy atom. The molecule has 0 aliphatic carbocycles. The van der Waals surface area contributed by atoms with Crippen molar-refractivity contribution in [1.82, 2.24) is 9.55 Å². The van der Waals surface area contributed by atoms with Gasteiger partial charge < -0.3 is 14.4 Å². The van der Waals surface area contributed by atoms with Gasteiger partial charge in [-0.15, -0.1) is 0 Å². The van der Waals surface area contributed by atoms with Gasteiger partial charge in [-0.3, -0.25) is 0 Å². The molecule has 0 saturated carbocycles. The largest absolute Gasteiger partial charge is 0.497 e. The number of imidazole rings is 1. The molecule has 4 heteroatoms. The number of hydrogen-bond donors (Lipinski definition) is 1. The first-order valence-electron chi connectivity index (χ1n) is 6.45. The number of benzene rings is 1. The van der Waals surface area contributed by atoms with Crippen molar-refractivity contribution in [1.29, 1.82) is 0 Å². The molecule has 0 spiro atoms. The second-order valence-electron chi connectivity index (χ2n) is 4.76. The van der Waals surface area contributed by atoms with Crippen LogP contribution in [0.1, 0.15) is 18.4 Å². The van der Waals surface area contributed by atoms with Crippen LogP contribution in [0, 0.1) is 5.92 Å². The van der Waals surface area contributed by atoms with Gasteiger partial charge in [0.05, 0.1) is 13.4 Å². The Labute approximate surface area is 113 Å². The van der Waals surface area contributed by atoms with Crippen LogP contribution in [-0.2, 0) is 6.54 Å². The third-order valence-corrected chi connectivity index (χ3v) is 3.59. The zero-order valence-electron chi connectivity index (χ0n) is 11.4. The maximum absolute atomic E-state index is 9.60. The minimum Gasteiger partial charge on any atom is -0.497 e. The lowest BCUT2D eigenvalue weighted by molar-refractivity contribution is 0.191. The van der Waals surface area contributed by atoms with E-state index in [0.29, 0.717) is 0 Å². The minimum absolute atomic E-state index is 0.158. The number of rotatable bonds is 6. The molecule has 0 aliphatic heterocycles. The van der Waals surface area contributed by atoms with Gasteiger partial charge in [-0.1, -0.05) is 19.1 Å². The number of nitrogens with zero attached hydrogens (tertiary/aromatic N) is 2. The first-order chi connectivity index (χ1) is 9.24. The number of aliphatic hydroxyl groups is 1. The molecule has 0 saturated heterocycles. The number of ether oxygens (including phenoxy) is 1. The molecule has 2 unspecified atom stereocenters. The molecule has 0 radical (unpaired) electrons. The van der Waals surface area contributed by atoms with E-state index in [2.05, 4.69) is 24.0 Å². The molecule has 2 aromatic rings. The first-order valence-corrected chi connectivity index (χ1v) is 6.45. The van der Waals surface area contributed by atoms with E-state index in [1.54, 1.807) is 19.6 Å². The predicted octanol–water partition coefficient (Wildman–Crippen LogP) is 2.30. The molecule has 19 heavy (non-hydrogen) atoms. The van der Waals surface area contributed by atoms with Crippen LogP contribution in [0.3, 0.4) is 0 Å². The van der Waals surface area contributed by atoms with E-state index >= 15 is 0 Å². The molecule has 2 atom stereocenters. The van der Waals surface area contributed by atoms with E-state index in [1.807, 2.05) is 22.9 Å². The summed E-state index contributed by atoms with van der Waals surface area (Å²) in [7, 11) is 1.66. The van der Waals surface area contributed by atoms with Gasteiger partial charge in [0.15, 0.2) is 0 Å². The van der Waals surface area contributed by atoms with E-state index in [0.717, 1.165) is 12.3 Å². The molecule has 0 fully saturated rings. The smallest absolute Gasteiger partial charge is 0.118 e. The van der Waals surface area contributed by atoms with Crippen LogP contribution >= 0.6 is 0 Å². The molecule has 0 amide bonds. The monoisotopic (exact) mass is 260 g/mol. The first kappa shape index (κ1) is 13.6. The van der Waals surface area contributed by atoms with E-state index in [1.165, 1.54) is 5.56 Å². The van der Waals surface area contributed by atoms with Crippen molar-refractivity contribution in [3.05, 3.63) is 48.5 Å². The lowest BCUT2D eigenvalue weighted by atomic mass is 9.88. The van der Waals surface area contributed by atoms with Gasteiger partial charge in [0.2, 0.25) is 0 Å². The van der Waals surface area contributed by atoms with Crippen LogP contribution in [0.5, 0.6) is 5.75 Å². The van der Waals surface area contributed by atoms with Gasteiger partial charge in [-0.25, -0.2) is 4.98 Å². The zero-order valence-corrected chi connectivity index (χ0v) is 11.4. The zero-order chi connectivity index (χ0) is 13.7. The van der Waals surface area contributed by atoms with Gasteiger partial charge in [-0.05, 0) is 23.6 Å². The van der Waals surface area contributed by atoms with E-state index in [9.17, 15) is 5.11 Å². The Bertz CT molecular complexity index is 479. The van der Waals surface area contributed by atoms with Crippen molar-refractivity contribution in [3.8, 4) is 5.75 Å². The number of aliphatic hydroxyl groups excluding tert-OH is 1. The summed E-state index contributed by atoms with van der Waals surface area (Å²) in [5.41, 5.74) is 1.21. The highest BCUT2D eigenvalue weighted by atomic mass is 16.5. The minimum atomic E-state index is 0.158. The van der Waals surface area contributed by atoms with E-state index in [-0.39, 0.29) is 18.4 Å². The van der Waals surface area contributed by atoms with Gasteiger partial charge in [-0.2, -0.15) is 0 Å². The normalized spacial score (nSPS) is 14.1. The lowest BCUT2D eigenvalue weighted by Gasteiger charge is -2.23. The van der Waals surface area contributed by atoms with Crippen molar-refractivity contribution >= 4 is 0 Å². The second kappa shape index (κ2) is 6.38. The summed E-state index contributed by atoms with van der Waals surface area (Å²) in [5, 5.41) is 9.60. The van der Waals surface area contributed by atoms with Gasteiger partial charge in [0.1, 0.15) is 5.75 Å². The molecule has 1 N–H and O–H groups in total. The van der Waals surface area contributed by atoms with Gasteiger partial charge >= 0.3 is 0 Å². The molecule has 1 heterocycles. The molecule has 0 aliphatic rings. The van der Waals surface area contributed by atoms with Crippen LogP contribution in [0.4, 0.5) is 0 Å². The Balaban J connectivity index is 2.08. The van der Waals surface area contributed by atoms with Gasteiger partial charge in [0.25, 0.3) is 0 Å². The summed E-state index contributed by atoms with van der Waals surface area (Å²) in [5.74, 6) is 1.30. The topological polar surface area (TPSA) is 47.3 Å². The third-order valence-electron chi connectivity index (χ3n) is 3.59. The summed E-state index contributed by atoms with van der Waals surface area (Å²) >= 11 is 0. The fourth-order valence-electron chi connectivity index (χ4n) is 2.22. The Hall–Kier alpha value is -1.81. The Morgan fingerprint density at radius 2 is 2.05 bits per heavy atom. The molecule has 2 rings (SSSR count). The molecule has 1 aromatic heterocycles. The van der Waals surface area contributed by atoms with Crippen molar-refractivity contribution in [2.45, 2.75) is 19.4 Å². The van der Waals surface area contributed by atoms with Crippen molar-refractivity contribution in [2.24, 2.45) is 5.92 Å². The van der Waals surface area contributed by atoms with Crippen LogP contribution in [0.25, 0.3) is 0 Å². The number of hydrogen-bond acceptors (Lipinski definition) is 3. The molecule has 102 valence electrons. The summed E-state index contributed by atoms with van der Waals surface area (Å²) < 4.78 is 7.16. The Morgan fingerprint density at radius 3 is 2.58 bits per heavy atom. The summed E-state index contributed by atoms with van der Waals surface area (Å²) in [6.45, 7) is 3.06. The standard InChI is InChI=1S/C15H20N2O2/c1-12(13-3-5-15(19-2)6-4-13)14(10-18)9-17-8-7-16-11-17/h3-8,11-12,14,18H,9-10H2,1-2H3. The SMILES string of the molecule is COc1ccc(C(C)C(CO)Cn2ccnc2)cc1. The van der Waals surface area contributed by atoms with Crippen LogP contribution in [-0.4, -0.2) is 28.4 Å². The molecule has 1 aromatic carbocycles. The number of aromatic nitrogens is 2. The Kier molecular flexibility index (Phi) is 4.58. The molecule has 4 nitrogen and oxygen atoms in total. The molecule has 0 bridgehead atoms. The highest BCUT2D eigenvalue weighted by molar-refractivity contribution is 5.29. The quantitative estimate of drug-likeness (QED) is 0.867. The van der Waals surface area contributed by atoms with Crippen LogP contribution < -0.4 is 4.74 Å². The van der Waals surface area contributed by atoms with Crippen molar-refractivity contribution in [2.75, 3.05) is 13.7 Å². The number of methoxy groups -OCH3 is 1.